The van der Waals surface area contributed by atoms with E-state index in [0.29, 0.717) is 6.07 Å². The molecule has 250 valence electrons. The monoisotopic (exact) mass is 644 g/mol. The molecule has 0 fully saturated rings. The molecule has 0 heterocycles. The minimum absolute atomic E-state index is 0.0333. The number of likely N-dealkylation sites (N-methyl/N-ethyl adjacent to an activating group) is 1. The number of carbonyl (C=O) groups is 2. The molecule has 0 bridgehead atoms. The molecule has 2 unspecified atom stereocenters. The average molecular weight is 645 g/mol. The van der Waals surface area contributed by atoms with Gasteiger partial charge < -0.3 is 14.8 Å². The Morgan fingerprint density at radius 3 is 2.04 bits per heavy atom. The van der Waals surface area contributed by atoms with Gasteiger partial charge in [0.2, 0.25) is 5.91 Å². The lowest BCUT2D eigenvalue weighted by Gasteiger charge is -2.31. The first kappa shape index (κ1) is 40.8. The van der Waals surface area contributed by atoms with Crippen LogP contribution in [-0.4, -0.2) is 47.6 Å². The molecule has 0 aliphatic rings. The molecular formula is C33H42F6N2O4. The lowest BCUT2D eigenvalue weighted by molar-refractivity contribution is -0.253. The smallest absolute Gasteiger partial charge is 0.444 e. The summed E-state index contributed by atoms with van der Waals surface area (Å²) in [5.74, 6) is -3.00. The number of allylic oxidation sites excluding steroid dienone is 3. The van der Waals surface area contributed by atoms with E-state index in [2.05, 4.69) is 42.3 Å². The van der Waals surface area contributed by atoms with Gasteiger partial charge in [-0.05, 0) is 72.2 Å². The van der Waals surface area contributed by atoms with Gasteiger partial charge in [-0.1, -0.05) is 61.2 Å². The van der Waals surface area contributed by atoms with Crippen molar-refractivity contribution in [3.05, 3.63) is 103 Å². The van der Waals surface area contributed by atoms with Crippen molar-refractivity contribution in [3.8, 4) is 5.75 Å². The molecule has 45 heavy (non-hydrogen) atoms. The van der Waals surface area contributed by atoms with Crippen molar-refractivity contribution in [3.63, 3.8) is 0 Å². The number of hydrogen-bond acceptors (Lipinski definition) is 4. The first-order valence-electron chi connectivity index (χ1n) is 13.8. The first-order valence-corrected chi connectivity index (χ1v) is 13.8. The zero-order valence-electron chi connectivity index (χ0n) is 26.6. The number of carbonyl (C=O) groups excluding carboxylic acids is 2. The van der Waals surface area contributed by atoms with E-state index in [1.165, 1.54) is 29.5 Å². The van der Waals surface area contributed by atoms with E-state index in [-0.39, 0.29) is 12.1 Å². The third-order valence-electron chi connectivity index (χ3n) is 5.42. The van der Waals surface area contributed by atoms with Crippen LogP contribution in [-0.2, 0) is 9.53 Å². The Hall–Kier alpha value is -4.22. The number of nitrogens with zero attached hydrogens (tertiary/aromatic N) is 1. The summed E-state index contributed by atoms with van der Waals surface area (Å²) in [5.41, 5.74) is 0.503. The Bertz CT molecular complexity index is 1260. The molecule has 2 atom stereocenters. The fourth-order valence-corrected chi connectivity index (χ4v) is 3.29. The summed E-state index contributed by atoms with van der Waals surface area (Å²) in [6, 6.07) is 10.6. The van der Waals surface area contributed by atoms with Crippen LogP contribution in [0.3, 0.4) is 0 Å². The second kappa shape index (κ2) is 19.2. The number of ether oxygens (including phenoxy) is 2. The van der Waals surface area contributed by atoms with Gasteiger partial charge in [-0.15, -0.1) is 0 Å². The number of nitrogens with one attached hydrogen (secondary N) is 1. The zero-order valence-corrected chi connectivity index (χ0v) is 26.6. The predicted octanol–water partition coefficient (Wildman–Crippen LogP) is 9.09. The van der Waals surface area contributed by atoms with Crippen LogP contribution in [0.4, 0.5) is 31.1 Å². The van der Waals surface area contributed by atoms with Crippen molar-refractivity contribution in [1.82, 2.24) is 10.2 Å². The minimum Gasteiger partial charge on any atom is -0.444 e. The predicted molar refractivity (Wildman–Crippen MR) is 163 cm³/mol. The first-order chi connectivity index (χ1) is 20.8. The second-order valence-corrected chi connectivity index (χ2v) is 10.4. The van der Waals surface area contributed by atoms with Crippen molar-refractivity contribution in [2.24, 2.45) is 0 Å². The van der Waals surface area contributed by atoms with Crippen LogP contribution in [0, 0.1) is 12.7 Å². The van der Waals surface area contributed by atoms with Crippen LogP contribution in [0.2, 0.25) is 0 Å². The van der Waals surface area contributed by atoms with Gasteiger partial charge in [-0.3, -0.25) is 9.69 Å². The van der Waals surface area contributed by atoms with Crippen LogP contribution < -0.4 is 10.1 Å². The van der Waals surface area contributed by atoms with Crippen molar-refractivity contribution in [1.29, 1.82) is 0 Å². The number of aryl methyl sites for hydroxylation is 1. The minimum atomic E-state index is -4.83. The number of hydrogen-bond donors (Lipinski definition) is 1. The Labute approximate surface area is 261 Å². The summed E-state index contributed by atoms with van der Waals surface area (Å²) < 4.78 is 85.8. The molecular weight excluding hydrogens is 602 g/mol. The largest absolute Gasteiger partial charge is 0.461 e. The normalized spacial score (nSPS) is 12.5. The molecule has 2 aromatic carbocycles. The number of alkyl halides is 4. The maximum atomic E-state index is 14.0. The van der Waals surface area contributed by atoms with Gasteiger partial charge in [0.15, 0.2) is 0 Å². The summed E-state index contributed by atoms with van der Waals surface area (Å²) in [7, 11) is 0. The Kier molecular flexibility index (Phi) is 17.4. The Morgan fingerprint density at radius 1 is 1.09 bits per heavy atom. The molecule has 12 heteroatoms. The molecule has 1 N–H and O–H groups in total. The molecule has 0 radical (unpaired) electrons. The highest BCUT2D eigenvalue weighted by Gasteiger charge is 2.44. The Morgan fingerprint density at radius 2 is 1.64 bits per heavy atom. The van der Waals surface area contributed by atoms with Gasteiger partial charge in [-0.25, -0.2) is 13.6 Å². The summed E-state index contributed by atoms with van der Waals surface area (Å²) in [6.45, 7) is 17.9. The van der Waals surface area contributed by atoms with Gasteiger partial charge in [0.25, 0.3) is 0 Å². The highest BCUT2D eigenvalue weighted by molar-refractivity contribution is 5.85. The van der Waals surface area contributed by atoms with Gasteiger partial charge in [-0.2, -0.15) is 17.6 Å². The van der Waals surface area contributed by atoms with Crippen LogP contribution in [0.25, 0.3) is 0 Å². The van der Waals surface area contributed by atoms with Crippen LogP contribution in [0.15, 0.2) is 85.7 Å². The molecule has 0 saturated carbocycles. The molecule has 2 rings (SSSR count). The van der Waals surface area contributed by atoms with Crippen LogP contribution >= 0.6 is 0 Å². The van der Waals surface area contributed by atoms with Crippen molar-refractivity contribution < 1.29 is 45.4 Å². The number of halogens is 6. The SMILES string of the molecule is C/C=C/C(NC(=O)C(C)N(CC)C(=O)OC(C)(C)C)c1cc(F)cc(OC(F)(F)C(F)F)c1.C=CC(=C)F.Cc1ccccc1. The molecule has 2 aromatic rings. The summed E-state index contributed by atoms with van der Waals surface area (Å²) in [6.07, 6.45) is -5.67. The topological polar surface area (TPSA) is 67.9 Å². The standard InChI is InChI=1S/C22H29F5N2O4.C7H8.C4H5F/c1-7-9-17(14-10-15(23)12-16(11-14)32-22(26,27)19(24)25)28-18(30)13(3)29(8-2)20(31)33-21(4,5)6;1-7-5-3-2-4-6-7;1-3-4(2)5/h7,9-13,17,19H,8H2,1-6H3,(H,28,30);2-6H,1H3;3H,1-2H2/b9-7+;;. The van der Waals surface area contributed by atoms with Gasteiger partial charge in [0.05, 0.1) is 6.04 Å². The van der Waals surface area contributed by atoms with Crippen LogP contribution in [0.1, 0.15) is 58.7 Å². The highest BCUT2D eigenvalue weighted by atomic mass is 19.3. The van der Waals surface area contributed by atoms with Gasteiger partial charge in [0, 0.05) is 12.6 Å². The quantitative estimate of drug-likeness (QED) is 0.159. The zero-order chi connectivity index (χ0) is 35.0. The molecule has 0 aliphatic heterocycles. The molecule has 2 amide bonds. The molecule has 0 saturated heterocycles. The highest BCUT2D eigenvalue weighted by Crippen LogP contribution is 2.30. The maximum absolute atomic E-state index is 14.0. The third-order valence-corrected chi connectivity index (χ3v) is 5.42. The van der Waals surface area contributed by atoms with Crippen molar-refractivity contribution in [2.75, 3.05) is 6.54 Å². The fraction of sp³-hybridized carbons (Fsp3) is 0.394. The average Bonchev–Trinajstić information content (AvgIpc) is 2.92. The Balaban J connectivity index is 0.00000134. The van der Waals surface area contributed by atoms with E-state index < -0.39 is 59.6 Å². The van der Waals surface area contributed by atoms with Crippen LogP contribution in [0.5, 0.6) is 5.75 Å². The third kappa shape index (κ3) is 16.4. The molecule has 0 aliphatic carbocycles. The van der Waals surface area contributed by atoms with Crippen molar-refractivity contribution >= 4 is 12.0 Å². The number of benzene rings is 2. The van der Waals surface area contributed by atoms with Crippen molar-refractivity contribution in [2.45, 2.75) is 78.7 Å². The van der Waals surface area contributed by atoms with Gasteiger partial charge >= 0.3 is 18.6 Å². The fourth-order valence-electron chi connectivity index (χ4n) is 3.29. The second-order valence-electron chi connectivity index (χ2n) is 10.4. The molecule has 0 spiro atoms. The van der Waals surface area contributed by atoms with Gasteiger partial charge in [0.1, 0.15) is 29.0 Å². The van der Waals surface area contributed by atoms with E-state index in [0.717, 1.165) is 18.2 Å². The molecule has 6 nitrogen and oxygen atoms in total. The van der Waals surface area contributed by atoms with E-state index >= 15 is 0 Å². The summed E-state index contributed by atoms with van der Waals surface area (Å²) in [4.78, 5) is 26.4. The number of rotatable bonds is 10. The number of amides is 2. The van der Waals surface area contributed by atoms with E-state index in [9.17, 15) is 35.9 Å². The summed E-state index contributed by atoms with van der Waals surface area (Å²) >= 11 is 0. The van der Waals surface area contributed by atoms with E-state index in [4.69, 9.17) is 4.74 Å². The lowest BCUT2D eigenvalue weighted by atomic mass is 10.0. The van der Waals surface area contributed by atoms with E-state index in [1.807, 2.05) is 18.2 Å². The molecule has 0 aromatic heterocycles. The van der Waals surface area contributed by atoms with E-state index in [1.54, 1.807) is 34.6 Å². The lowest BCUT2D eigenvalue weighted by Crippen LogP contribution is -2.49. The maximum Gasteiger partial charge on any atom is 0.461 e. The summed E-state index contributed by atoms with van der Waals surface area (Å²) in [5, 5.41) is 2.57.